The van der Waals surface area contributed by atoms with Gasteiger partial charge >= 0.3 is 0 Å². The number of amides is 1. The third-order valence-electron chi connectivity index (χ3n) is 4.21. The molecule has 3 aromatic rings. The summed E-state index contributed by atoms with van der Waals surface area (Å²) < 4.78 is 5.16. The summed E-state index contributed by atoms with van der Waals surface area (Å²) >= 11 is 1.47. The Kier molecular flexibility index (Phi) is 6.29. The number of aryl methyl sites for hydroxylation is 1. The van der Waals surface area contributed by atoms with Crippen molar-refractivity contribution in [2.45, 2.75) is 30.5 Å². The van der Waals surface area contributed by atoms with Crippen LogP contribution in [0.4, 0.5) is 0 Å². The van der Waals surface area contributed by atoms with Gasteiger partial charge < -0.3 is 10.1 Å². The Balaban J connectivity index is 1.57. The monoisotopic (exact) mass is 381 g/mol. The molecule has 1 amide bonds. The first kappa shape index (κ1) is 19.2. The number of carbonyl (C=O) groups is 1. The van der Waals surface area contributed by atoms with Gasteiger partial charge in [-0.2, -0.15) is 0 Å². The van der Waals surface area contributed by atoms with Crippen LogP contribution >= 0.6 is 11.8 Å². The maximum Gasteiger partial charge on any atom is 0.233 e. The molecule has 1 aromatic heterocycles. The summed E-state index contributed by atoms with van der Waals surface area (Å²) in [6.45, 7) is 4.37. The van der Waals surface area contributed by atoms with E-state index in [1.807, 2.05) is 62.4 Å². The number of ether oxygens (including phenoxy) is 1. The zero-order valence-electron chi connectivity index (χ0n) is 15.7. The molecule has 27 heavy (non-hydrogen) atoms. The summed E-state index contributed by atoms with van der Waals surface area (Å²) in [5.74, 6) is 1.55. The summed E-state index contributed by atoms with van der Waals surface area (Å²) in [6.07, 6.45) is 0.780. The molecule has 2 aromatic carbocycles. The van der Waals surface area contributed by atoms with Crippen molar-refractivity contribution in [2.75, 3.05) is 13.7 Å². The highest BCUT2D eigenvalue weighted by Crippen LogP contribution is 2.28. The number of thioether (sulfide) groups is 1. The predicted octanol–water partition coefficient (Wildman–Crippen LogP) is 3.79. The maximum atomic E-state index is 12.5. The van der Waals surface area contributed by atoms with Gasteiger partial charge in [0, 0.05) is 11.9 Å². The van der Waals surface area contributed by atoms with Crippen LogP contribution in [0, 0.1) is 6.92 Å². The van der Waals surface area contributed by atoms with Gasteiger partial charge in [0.15, 0.2) is 0 Å². The molecular weight excluding hydrogens is 358 g/mol. The van der Waals surface area contributed by atoms with Crippen molar-refractivity contribution in [1.82, 2.24) is 15.3 Å². The van der Waals surface area contributed by atoms with Crippen LogP contribution in [0.2, 0.25) is 0 Å². The first-order chi connectivity index (χ1) is 13.1. The largest absolute Gasteiger partial charge is 0.497 e. The molecule has 0 aliphatic carbocycles. The molecule has 0 saturated carbocycles. The van der Waals surface area contributed by atoms with E-state index < -0.39 is 0 Å². The molecule has 0 saturated heterocycles. The lowest BCUT2D eigenvalue weighted by molar-refractivity contribution is -0.120. The fraction of sp³-hybridized carbons (Fsp3) is 0.286. The van der Waals surface area contributed by atoms with E-state index in [9.17, 15) is 4.79 Å². The molecule has 6 heteroatoms. The Bertz CT molecular complexity index is 928. The number of hydrogen-bond donors (Lipinski definition) is 1. The topological polar surface area (TPSA) is 64.1 Å². The Labute approximate surface area is 163 Å². The van der Waals surface area contributed by atoms with E-state index in [1.165, 1.54) is 11.8 Å². The molecule has 1 atom stereocenters. The van der Waals surface area contributed by atoms with E-state index in [2.05, 4.69) is 15.3 Å². The van der Waals surface area contributed by atoms with E-state index in [-0.39, 0.29) is 11.2 Å². The van der Waals surface area contributed by atoms with Crippen LogP contribution < -0.4 is 10.1 Å². The average molecular weight is 382 g/mol. The first-order valence-electron chi connectivity index (χ1n) is 8.87. The predicted molar refractivity (Wildman–Crippen MR) is 109 cm³/mol. The zero-order valence-corrected chi connectivity index (χ0v) is 16.5. The van der Waals surface area contributed by atoms with E-state index >= 15 is 0 Å². The zero-order chi connectivity index (χ0) is 19.2. The summed E-state index contributed by atoms with van der Waals surface area (Å²) in [6, 6.07) is 15.8. The molecule has 0 aliphatic rings. The van der Waals surface area contributed by atoms with Crippen molar-refractivity contribution < 1.29 is 9.53 Å². The standard InChI is InChI=1S/C21H23N3O2S/c1-14(20(25)22-13-12-16-8-10-17(26-3)11-9-16)27-21-18-6-4-5-7-19(18)23-15(2)24-21/h4-11,14H,12-13H2,1-3H3,(H,22,25)/t14-/m1/s1. The SMILES string of the molecule is COc1ccc(CCNC(=O)[C@@H](C)Sc2nc(C)nc3ccccc23)cc1. The molecule has 0 spiro atoms. The van der Waals surface area contributed by atoms with Crippen LogP contribution in [0.5, 0.6) is 5.75 Å². The van der Waals surface area contributed by atoms with E-state index in [4.69, 9.17) is 4.74 Å². The summed E-state index contributed by atoms with van der Waals surface area (Å²) in [7, 11) is 1.65. The first-order valence-corrected chi connectivity index (χ1v) is 9.75. The number of rotatable bonds is 7. The average Bonchev–Trinajstić information content (AvgIpc) is 2.68. The third kappa shape index (κ3) is 4.98. The van der Waals surface area contributed by atoms with Crippen molar-refractivity contribution in [3.05, 3.63) is 59.9 Å². The van der Waals surface area contributed by atoms with Crippen molar-refractivity contribution >= 4 is 28.6 Å². The van der Waals surface area contributed by atoms with Gasteiger partial charge in [-0.25, -0.2) is 9.97 Å². The minimum Gasteiger partial charge on any atom is -0.497 e. The van der Waals surface area contributed by atoms with Gasteiger partial charge in [0.05, 0.1) is 17.9 Å². The second kappa shape index (κ2) is 8.86. The Morgan fingerprint density at radius 1 is 1.15 bits per heavy atom. The van der Waals surface area contributed by atoms with Crippen LogP contribution in [0.3, 0.4) is 0 Å². The van der Waals surface area contributed by atoms with E-state index in [0.29, 0.717) is 12.4 Å². The molecule has 3 rings (SSSR count). The van der Waals surface area contributed by atoms with Gasteiger partial charge in [-0.1, -0.05) is 42.1 Å². The number of para-hydroxylation sites is 1. The van der Waals surface area contributed by atoms with Crippen LogP contribution in [0.1, 0.15) is 18.3 Å². The number of hydrogen-bond acceptors (Lipinski definition) is 5. The number of methoxy groups -OCH3 is 1. The van der Waals surface area contributed by atoms with Gasteiger partial charge in [0.1, 0.15) is 16.6 Å². The van der Waals surface area contributed by atoms with E-state index in [1.54, 1.807) is 7.11 Å². The fourth-order valence-electron chi connectivity index (χ4n) is 2.74. The number of nitrogens with zero attached hydrogens (tertiary/aromatic N) is 2. The highest BCUT2D eigenvalue weighted by Gasteiger charge is 2.17. The van der Waals surface area contributed by atoms with Gasteiger partial charge in [-0.15, -0.1) is 0 Å². The Hall–Kier alpha value is -2.60. The molecule has 140 valence electrons. The highest BCUT2D eigenvalue weighted by atomic mass is 32.2. The van der Waals surface area contributed by atoms with Gasteiger partial charge in [-0.05, 0) is 44.0 Å². The van der Waals surface area contributed by atoms with Gasteiger partial charge in [0.2, 0.25) is 5.91 Å². The van der Waals surface area contributed by atoms with Crippen LogP contribution in [-0.2, 0) is 11.2 Å². The number of nitrogens with one attached hydrogen (secondary N) is 1. The molecule has 0 bridgehead atoms. The summed E-state index contributed by atoms with van der Waals surface area (Å²) in [4.78, 5) is 21.4. The van der Waals surface area contributed by atoms with Gasteiger partial charge in [-0.3, -0.25) is 4.79 Å². The molecule has 0 unspecified atom stereocenters. The van der Waals surface area contributed by atoms with E-state index in [0.717, 1.165) is 33.7 Å². The second-order valence-corrected chi connectivity index (χ2v) is 7.57. The van der Waals surface area contributed by atoms with Crippen molar-refractivity contribution in [3.63, 3.8) is 0 Å². The quantitative estimate of drug-likeness (QED) is 0.498. The molecule has 1 N–H and O–H groups in total. The van der Waals surface area contributed by atoms with Gasteiger partial charge in [0.25, 0.3) is 0 Å². The fourth-order valence-corrected chi connectivity index (χ4v) is 3.74. The Morgan fingerprint density at radius 2 is 1.89 bits per heavy atom. The minimum atomic E-state index is -0.237. The normalized spacial score (nSPS) is 12.0. The maximum absolute atomic E-state index is 12.5. The summed E-state index contributed by atoms with van der Waals surface area (Å²) in [5.41, 5.74) is 2.06. The number of carbonyl (C=O) groups excluding carboxylic acids is 1. The molecular formula is C21H23N3O2S. The third-order valence-corrected chi connectivity index (χ3v) is 5.31. The lowest BCUT2D eigenvalue weighted by atomic mass is 10.1. The summed E-state index contributed by atoms with van der Waals surface area (Å²) in [5, 5.41) is 4.59. The number of aromatic nitrogens is 2. The van der Waals surface area contributed by atoms with Crippen LogP contribution in [0.25, 0.3) is 10.9 Å². The lowest BCUT2D eigenvalue weighted by Crippen LogP contribution is -2.32. The van der Waals surface area contributed by atoms with Crippen LogP contribution in [0.15, 0.2) is 53.6 Å². The number of fused-ring (bicyclic) bond motifs is 1. The van der Waals surface area contributed by atoms with Crippen molar-refractivity contribution in [1.29, 1.82) is 0 Å². The Morgan fingerprint density at radius 3 is 2.63 bits per heavy atom. The van der Waals surface area contributed by atoms with Crippen LogP contribution in [-0.4, -0.2) is 34.8 Å². The number of benzene rings is 2. The molecule has 0 fully saturated rings. The lowest BCUT2D eigenvalue weighted by Gasteiger charge is -2.13. The van der Waals surface area contributed by atoms with Crippen molar-refractivity contribution in [3.8, 4) is 5.75 Å². The minimum absolute atomic E-state index is 0.00820. The molecule has 1 heterocycles. The van der Waals surface area contributed by atoms with Crippen molar-refractivity contribution in [2.24, 2.45) is 0 Å². The molecule has 5 nitrogen and oxygen atoms in total. The smallest absolute Gasteiger partial charge is 0.233 e. The highest BCUT2D eigenvalue weighted by molar-refractivity contribution is 8.00. The molecule has 0 aliphatic heterocycles. The molecule has 0 radical (unpaired) electrons. The second-order valence-electron chi connectivity index (χ2n) is 6.24.